The summed E-state index contributed by atoms with van der Waals surface area (Å²) in [6.07, 6.45) is 2.09. The minimum absolute atomic E-state index is 0.00538. The largest absolute Gasteiger partial charge is 0.348 e. The van der Waals surface area contributed by atoms with E-state index in [1.54, 1.807) is 42.5 Å². The van der Waals surface area contributed by atoms with Crippen LogP contribution in [-0.4, -0.2) is 29.8 Å². The van der Waals surface area contributed by atoms with E-state index in [1.165, 1.54) is 6.07 Å². The summed E-state index contributed by atoms with van der Waals surface area (Å²) in [5.41, 5.74) is 1.47. The van der Waals surface area contributed by atoms with E-state index in [2.05, 4.69) is 5.32 Å². The molecule has 1 N–H and O–H groups in total. The Labute approximate surface area is 140 Å². The molecule has 24 heavy (non-hydrogen) atoms. The van der Waals surface area contributed by atoms with Crippen molar-refractivity contribution in [3.05, 3.63) is 71.0 Å². The summed E-state index contributed by atoms with van der Waals surface area (Å²) in [7, 11) is 0. The van der Waals surface area contributed by atoms with Gasteiger partial charge in [-0.2, -0.15) is 0 Å². The molecule has 0 spiro atoms. The molecule has 0 radical (unpaired) electrons. The molecule has 124 valence electrons. The van der Waals surface area contributed by atoms with Gasteiger partial charge in [0.05, 0.1) is 0 Å². The molecule has 0 atom stereocenters. The first-order valence-electron chi connectivity index (χ1n) is 8.06. The smallest absolute Gasteiger partial charge is 0.253 e. The molecule has 2 amide bonds. The van der Waals surface area contributed by atoms with E-state index in [9.17, 15) is 14.0 Å². The molecule has 0 unspecified atom stereocenters. The highest BCUT2D eigenvalue weighted by atomic mass is 19.1. The Kier molecular flexibility index (Phi) is 4.89. The van der Waals surface area contributed by atoms with Crippen LogP contribution in [0, 0.1) is 5.82 Å². The Bertz CT molecular complexity index is 737. The number of amides is 2. The van der Waals surface area contributed by atoms with Gasteiger partial charge in [0, 0.05) is 36.3 Å². The van der Waals surface area contributed by atoms with Crippen molar-refractivity contribution in [2.24, 2.45) is 0 Å². The highest BCUT2D eigenvalue weighted by molar-refractivity contribution is 5.97. The summed E-state index contributed by atoms with van der Waals surface area (Å²) >= 11 is 0. The second kappa shape index (κ2) is 7.25. The quantitative estimate of drug-likeness (QED) is 0.939. The van der Waals surface area contributed by atoms with Crippen molar-refractivity contribution in [1.82, 2.24) is 10.2 Å². The molecule has 2 aromatic rings. The lowest BCUT2D eigenvalue weighted by atomic mass is 10.1. The number of hydrogen-bond acceptors (Lipinski definition) is 2. The third-order valence-corrected chi connectivity index (χ3v) is 4.18. The molecule has 4 nitrogen and oxygen atoms in total. The van der Waals surface area contributed by atoms with Crippen molar-refractivity contribution in [2.45, 2.75) is 19.4 Å². The number of hydrogen-bond donors (Lipinski definition) is 1. The Morgan fingerprint density at radius 3 is 2.25 bits per heavy atom. The van der Waals surface area contributed by atoms with Crippen LogP contribution in [0.3, 0.4) is 0 Å². The molecule has 1 heterocycles. The highest BCUT2D eigenvalue weighted by Gasteiger charge is 2.19. The van der Waals surface area contributed by atoms with Crippen LogP contribution in [0.2, 0.25) is 0 Å². The van der Waals surface area contributed by atoms with Crippen LogP contribution in [0.1, 0.15) is 39.1 Å². The topological polar surface area (TPSA) is 49.4 Å². The van der Waals surface area contributed by atoms with Crippen molar-refractivity contribution in [2.75, 3.05) is 13.1 Å². The van der Waals surface area contributed by atoms with Crippen LogP contribution < -0.4 is 5.32 Å². The maximum absolute atomic E-state index is 13.5. The fourth-order valence-electron chi connectivity index (χ4n) is 2.79. The Hall–Kier alpha value is -2.69. The lowest BCUT2D eigenvalue weighted by Gasteiger charge is -2.15. The maximum atomic E-state index is 13.5. The lowest BCUT2D eigenvalue weighted by molar-refractivity contribution is 0.0792. The first-order chi connectivity index (χ1) is 11.6. The SMILES string of the molecule is O=C(NCc1ccccc1F)c1ccc(C(=O)N2CCCC2)cc1. The normalized spacial score (nSPS) is 13.8. The molecule has 3 rings (SSSR count). The van der Waals surface area contributed by atoms with Gasteiger partial charge in [-0.15, -0.1) is 0 Å². The molecule has 0 aromatic heterocycles. The van der Waals surface area contributed by atoms with E-state index < -0.39 is 0 Å². The number of nitrogens with one attached hydrogen (secondary N) is 1. The fourth-order valence-corrected chi connectivity index (χ4v) is 2.79. The number of carbonyl (C=O) groups excluding carboxylic acids is 2. The molecule has 0 aliphatic carbocycles. The second-order valence-electron chi connectivity index (χ2n) is 5.85. The predicted molar refractivity (Wildman–Crippen MR) is 89.1 cm³/mol. The molecular weight excluding hydrogens is 307 g/mol. The molecule has 1 aliphatic rings. The monoisotopic (exact) mass is 326 g/mol. The molecule has 2 aromatic carbocycles. The first-order valence-corrected chi connectivity index (χ1v) is 8.06. The highest BCUT2D eigenvalue weighted by Crippen LogP contribution is 2.14. The van der Waals surface area contributed by atoms with Crippen LogP contribution in [0.25, 0.3) is 0 Å². The number of benzene rings is 2. The van der Waals surface area contributed by atoms with E-state index in [1.807, 2.05) is 4.90 Å². The summed E-state index contributed by atoms with van der Waals surface area (Å²) < 4.78 is 13.5. The lowest BCUT2D eigenvalue weighted by Crippen LogP contribution is -2.27. The second-order valence-corrected chi connectivity index (χ2v) is 5.85. The number of carbonyl (C=O) groups is 2. The molecule has 0 bridgehead atoms. The van der Waals surface area contributed by atoms with Crippen LogP contribution in [-0.2, 0) is 6.54 Å². The molecule has 5 heteroatoms. The Morgan fingerprint density at radius 1 is 0.958 bits per heavy atom. The van der Waals surface area contributed by atoms with Gasteiger partial charge < -0.3 is 10.2 Å². The van der Waals surface area contributed by atoms with Crippen LogP contribution in [0.4, 0.5) is 4.39 Å². The van der Waals surface area contributed by atoms with Gasteiger partial charge >= 0.3 is 0 Å². The maximum Gasteiger partial charge on any atom is 0.253 e. The van der Waals surface area contributed by atoms with E-state index >= 15 is 0 Å². The zero-order valence-electron chi connectivity index (χ0n) is 13.3. The Morgan fingerprint density at radius 2 is 1.58 bits per heavy atom. The number of likely N-dealkylation sites (tertiary alicyclic amines) is 1. The van der Waals surface area contributed by atoms with E-state index in [0.29, 0.717) is 16.7 Å². The van der Waals surface area contributed by atoms with Gasteiger partial charge in [-0.1, -0.05) is 18.2 Å². The zero-order valence-corrected chi connectivity index (χ0v) is 13.3. The summed E-state index contributed by atoms with van der Waals surface area (Å²) in [5, 5.41) is 2.69. The number of nitrogens with zero attached hydrogens (tertiary/aromatic N) is 1. The van der Waals surface area contributed by atoms with Crippen molar-refractivity contribution >= 4 is 11.8 Å². The summed E-state index contributed by atoms with van der Waals surface area (Å²) in [6.45, 7) is 1.72. The van der Waals surface area contributed by atoms with Crippen molar-refractivity contribution in [1.29, 1.82) is 0 Å². The van der Waals surface area contributed by atoms with Crippen molar-refractivity contribution < 1.29 is 14.0 Å². The average molecular weight is 326 g/mol. The van der Waals surface area contributed by atoms with Gasteiger partial charge in [-0.3, -0.25) is 9.59 Å². The first kappa shape index (κ1) is 16.2. The molecule has 1 fully saturated rings. The zero-order chi connectivity index (χ0) is 16.9. The van der Waals surface area contributed by atoms with Crippen LogP contribution in [0.15, 0.2) is 48.5 Å². The minimum Gasteiger partial charge on any atom is -0.348 e. The molecule has 1 aliphatic heterocycles. The Balaban J connectivity index is 1.61. The van der Waals surface area contributed by atoms with Gasteiger partial charge in [0.2, 0.25) is 0 Å². The van der Waals surface area contributed by atoms with Crippen molar-refractivity contribution in [3.8, 4) is 0 Å². The van der Waals surface area contributed by atoms with Gasteiger partial charge in [-0.05, 0) is 43.2 Å². The molecule has 1 saturated heterocycles. The third kappa shape index (κ3) is 3.62. The van der Waals surface area contributed by atoms with Gasteiger partial charge in [-0.25, -0.2) is 4.39 Å². The van der Waals surface area contributed by atoms with Gasteiger partial charge in [0.25, 0.3) is 11.8 Å². The van der Waals surface area contributed by atoms with E-state index in [-0.39, 0.29) is 24.2 Å². The van der Waals surface area contributed by atoms with Gasteiger partial charge in [0.1, 0.15) is 5.82 Å². The standard InChI is InChI=1S/C19H19FN2O2/c20-17-6-2-1-5-16(17)13-21-18(23)14-7-9-15(10-8-14)19(24)22-11-3-4-12-22/h1-2,5-10H,3-4,11-13H2,(H,21,23). The van der Waals surface area contributed by atoms with E-state index in [4.69, 9.17) is 0 Å². The number of halogens is 1. The summed E-state index contributed by atoms with van der Waals surface area (Å²) in [6, 6.07) is 12.9. The third-order valence-electron chi connectivity index (χ3n) is 4.18. The average Bonchev–Trinajstić information content (AvgIpc) is 3.15. The summed E-state index contributed by atoms with van der Waals surface area (Å²) in [5.74, 6) is -0.631. The van der Waals surface area contributed by atoms with Crippen LogP contribution >= 0.6 is 0 Å². The van der Waals surface area contributed by atoms with Crippen molar-refractivity contribution in [3.63, 3.8) is 0 Å². The molecule has 0 saturated carbocycles. The number of rotatable bonds is 4. The van der Waals surface area contributed by atoms with Gasteiger partial charge in [0.15, 0.2) is 0 Å². The summed E-state index contributed by atoms with van der Waals surface area (Å²) in [4.78, 5) is 26.2. The fraction of sp³-hybridized carbons (Fsp3) is 0.263. The molecular formula is C19H19FN2O2. The van der Waals surface area contributed by atoms with E-state index in [0.717, 1.165) is 25.9 Å². The van der Waals surface area contributed by atoms with Crippen LogP contribution in [0.5, 0.6) is 0 Å². The predicted octanol–water partition coefficient (Wildman–Crippen LogP) is 2.99. The minimum atomic E-state index is -0.343.